The van der Waals surface area contributed by atoms with Gasteiger partial charge in [0.1, 0.15) is 0 Å². The van der Waals surface area contributed by atoms with Gasteiger partial charge in [-0.05, 0) is 17.0 Å². The van der Waals surface area contributed by atoms with Crippen LogP contribution in [0.1, 0.15) is 6.42 Å². The van der Waals surface area contributed by atoms with Crippen LogP contribution < -0.4 is 24.8 Å². The molecule has 0 spiro atoms. The molecule has 1 heterocycles. The monoisotopic (exact) mass is 443 g/mol. The van der Waals surface area contributed by atoms with Crippen LogP contribution in [0.3, 0.4) is 0 Å². The first-order valence-corrected chi connectivity index (χ1v) is 7.59. The van der Waals surface area contributed by atoms with Gasteiger partial charge >= 0.3 is 26.2 Å². The number of benzene rings is 2. The van der Waals surface area contributed by atoms with Crippen molar-refractivity contribution in [2.75, 3.05) is 0 Å². The third kappa shape index (κ3) is 3.97. The molecule has 0 fully saturated rings. The molecule has 0 aliphatic heterocycles. The topological polar surface area (TPSA) is 4.93 Å². The zero-order chi connectivity index (χ0) is 14.9. The van der Waals surface area contributed by atoms with Gasteiger partial charge in [0.15, 0.2) is 0 Å². The summed E-state index contributed by atoms with van der Waals surface area (Å²) in [5, 5.41) is 5.43. The number of aromatic nitrogens is 1. The number of allylic oxidation sites excluding steroid dienone is 4. The first-order valence-electron chi connectivity index (χ1n) is 7.59. The number of aryl methyl sites for hydroxylation is 1. The van der Waals surface area contributed by atoms with E-state index in [0.29, 0.717) is 0 Å². The predicted octanol–water partition coefficient (Wildman–Crippen LogP) is -0.485. The summed E-state index contributed by atoms with van der Waals surface area (Å²) in [6.45, 7) is 0. The van der Waals surface area contributed by atoms with Gasteiger partial charge in [0.2, 0.25) is 0 Å². The summed E-state index contributed by atoms with van der Waals surface area (Å²) < 4.78 is 2.28. The summed E-state index contributed by atoms with van der Waals surface area (Å²) in [5.74, 6) is 0. The van der Waals surface area contributed by atoms with Crippen LogP contribution in [0, 0.1) is 6.08 Å². The third-order valence-electron chi connectivity index (χ3n) is 4.26. The van der Waals surface area contributed by atoms with Gasteiger partial charge in [-0.15, -0.1) is 41.5 Å². The molecular formula is C21H17Cl2NZr. The minimum absolute atomic E-state index is 0. The summed E-state index contributed by atoms with van der Waals surface area (Å²) in [7, 11) is 2.14. The second kappa shape index (κ2) is 9.48. The summed E-state index contributed by atoms with van der Waals surface area (Å²) >= 11 is 0. The zero-order valence-corrected chi connectivity index (χ0v) is 17.8. The molecule has 1 aliphatic carbocycles. The molecule has 0 atom stereocenters. The summed E-state index contributed by atoms with van der Waals surface area (Å²) in [5.41, 5.74) is 2.63. The van der Waals surface area contributed by atoms with Crippen LogP contribution in [0.15, 0.2) is 72.8 Å². The Morgan fingerprint density at radius 3 is 2.28 bits per heavy atom. The number of rotatable bonds is 0. The average molecular weight is 446 g/mol. The second-order valence-electron chi connectivity index (χ2n) is 5.57. The maximum Gasteiger partial charge on any atom is 4.00 e. The number of nitrogens with zero attached hydrogens (tertiary/aromatic N) is 1. The van der Waals surface area contributed by atoms with Crippen molar-refractivity contribution in [2.24, 2.45) is 7.05 Å². The Bertz CT molecular complexity index is 1010. The van der Waals surface area contributed by atoms with Crippen molar-refractivity contribution in [3.63, 3.8) is 0 Å². The first-order chi connectivity index (χ1) is 10.9. The molecule has 0 N–H and O–H groups in total. The van der Waals surface area contributed by atoms with Crippen molar-refractivity contribution in [3.05, 3.63) is 78.9 Å². The Hall–Kier alpha value is -1.21. The summed E-state index contributed by atoms with van der Waals surface area (Å²) in [6.07, 6.45) is 10.0. The molecule has 1 aliphatic rings. The SMILES string of the molecule is Cn1c2ccccc2c2c3ccccc3[cH-]c21.[C-]1=CC=CC1.[Cl-].[Cl-].[Zr+4]. The average Bonchev–Trinajstić information content (AvgIpc) is 3.28. The molecule has 25 heavy (non-hydrogen) atoms. The van der Waals surface area contributed by atoms with Gasteiger partial charge in [-0.3, -0.25) is 6.08 Å². The number of fused-ring (bicyclic) bond motifs is 5. The second-order valence-corrected chi connectivity index (χ2v) is 5.57. The molecule has 4 heteroatoms. The normalized spacial score (nSPS) is 11.6. The van der Waals surface area contributed by atoms with E-state index in [2.05, 4.69) is 78.4 Å². The van der Waals surface area contributed by atoms with E-state index < -0.39 is 0 Å². The van der Waals surface area contributed by atoms with Crippen LogP contribution in [-0.4, -0.2) is 4.57 Å². The van der Waals surface area contributed by atoms with Gasteiger partial charge in [-0.1, -0.05) is 29.7 Å². The van der Waals surface area contributed by atoms with Crippen molar-refractivity contribution in [1.29, 1.82) is 0 Å². The summed E-state index contributed by atoms with van der Waals surface area (Å²) in [4.78, 5) is 0. The van der Waals surface area contributed by atoms with Gasteiger partial charge < -0.3 is 29.4 Å². The van der Waals surface area contributed by atoms with Crippen molar-refractivity contribution >= 4 is 32.6 Å². The predicted molar refractivity (Wildman–Crippen MR) is 95.1 cm³/mol. The van der Waals surface area contributed by atoms with E-state index in [9.17, 15) is 0 Å². The van der Waals surface area contributed by atoms with Gasteiger partial charge in [-0.25, -0.2) is 12.2 Å². The van der Waals surface area contributed by atoms with E-state index >= 15 is 0 Å². The van der Waals surface area contributed by atoms with E-state index in [1.807, 2.05) is 12.2 Å². The molecule has 124 valence electrons. The quantitative estimate of drug-likeness (QED) is 0.322. The van der Waals surface area contributed by atoms with Crippen LogP contribution in [0.25, 0.3) is 32.6 Å². The Kier molecular flexibility index (Phi) is 8.28. The maximum absolute atomic E-state index is 2.99. The van der Waals surface area contributed by atoms with E-state index in [1.165, 1.54) is 32.6 Å². The van der Waals surface area contributed by atoms with Gasteiger partial charge in [0.25, 0.3) is 0 Å². The zero-order valence-electron chi connectivity index (χ0n) is 13.8. The molecule has 1 aromatic heterocycles. The molecule has 0 bridgehead atoms. The molecule has 4 aromatic rings. The van der Waals surface area contributed by atoms with Crippen LogP contribution in [-0.2, 0) is 33.3 Å². The first kappa shape index (κ1) is 21.8. The van der Waals surface area contributed by atoms with E-state index in [0.717, 1.165) is 6.42 Å². The van der Waals surface area contributed by atoms with E-state index in [-0.39, 0.29) is 51.0 Å². The molecule has 0 radical (unpaired) electrons. The molecule has 5 rings (SSSR count). The Morgan fingerprint density at radius 2 is 1.64 bits per heavy atom. The molecule has 0 saturated heterocycles. The fraction of sp³-hybridized carbons (Fsp3) is 0.0952. The van der Waals surface area contributed by atoms with Gasteiger partial charge in [-0.2, -0.15) is 6.08 Å². The van der Waals surface area contributed by atoms with E-state index in [1.54, 1.807) is 0 Å². The largest absolute Gasteiger partial charge is 4.00 e. The van der Waals surface area contributed by atoms with Crippen molar-refractivity contribution < 1.29 is 51.0 Å². The Labute approximate surface area is 179 Å². The third-order valence-corrected chi connectivity index (χ3v) is 4.26. The van der Waals surface area contributed by atoms with Crippen LogP contribution >= 0.6 is 0 Å². The van der Waals surface area contributed by atoms with Crippen LogP contribution in [0.4, 0.5) is 0 Å². The molecule has 0 unspecified atom stereocenters. The molecule has 0 amide bonds. The van der Waals surface area contributed by atoms with Gasteiger partial charge in [0.05, 0.1) is 0 Å². The number of para-hydroxylation sites is 1. The smallest absolute Gasteiger partial charge is 1.00 e. The van der Waals surface area contributed by atoms with Crippen molar-refractivity contribution in [1.82, 2.24) is 4.57 Å². The number of hydrogen-bond donors (Lipinski definition) is 0. The van der Waals surface area contributed by atoms with Crippen molar-refractivity contribution in [3.8, 4) is 0 Å². The fourth-order valence-corrected chi connectivity index (χ4v) is 3.20. The number of hydrogen-bond acceptors (Lipinski definition) is 0. The van der Waals surface area contributed by atoms with Crippen LogP contribution in [0.5, 0.6) is 0 Å². The van der Waals surface area contributed by atoms with Gasteiger partial charge in [0, 0.05) is 12.6 Å². The fourth-order valence-electron chi connectivity index (χ4n) is 3.20. The molecule has 1 nitrogen and oxygen atoms in total. The maximum atomic E-state index is 2.99. The summed E-state index contributed by atoms with van der Waals surface area (Å²) in [6, 6.07) is 19.5. The molecule has 3 aromatic carbocycles. The Balaban J connectivity index is 0.000000344. The van der Waals surface area contributed by atoms with Crippen LogP contribution in [0.2, 0.25) is 0 Å². The van der Waals surface area contributed by atoms with Crippen molar-refractivity contribution in [2.45, 2.75) is 6.42 Å². The molecular weight excluding hydrogens is 428 g/mol. The Morgan fingerprint density at radius 1 is 0.960 bits per heavy atom. The standard InChI is InChI=1S/C16H12N.C5H5.2ClH.Zr/c1-17-14-9-5-4-8-13(14)16-12-7-3-2-6-11(12)10-15(16)17;1-2-4-5-3-1;;;/h2-10H,1H3;1-3H,4H2;2*1H;/q2*-1;;;+4/p-2. The number of halogens is 2. The minimum atomic E-state index is 0. The molecule has 0 saturated carbocycles. The van der Waals surface area contributed by atoms with E-state index in [4.69, 9.17) is 0 Å². The minimum Gasteiger partial charge on any atom is -1.00 e.